The second kappa shape index (κ2) is 9.20. The Hall–Kier alpha value is -3.06. The Morgan fingerprint density at radius 2 is 0.906 bits per heavy atom. The second-order valence-corrected chi connectivity index (χ2v) is 15.1. The van der Waals surface area contributed by atoms with Gasteiger partial charge in [0.25, 0.3) is 0 Å². The van der Waals surface area contributed by atoms with Crippen LogP contribution in [0.15, 0.2) is 91.0 Å². The molecule has 6 heteroatoms. The average molecular weight is 497 g/mol. The normalized spacial score (nSPS) is 11.4. The molecule has 0 fully saturated rings. The molecule has 0 spiro atoms. The van der Waals surface area contributed by atoms with Gasteiger partial charge >= 0.3 is 187 Å². The van der Waals surface area contributed by atoms with Crippen molar-refractivity contribution in [1.82, 2.24) is 0 Å². The van der Waals surface area contributed by atoms with Crippen LogP contribution in [0.25, 0.3) is 0 Å². The summed E-state index contributed by atoms with van der Waals surface area (Å²) in [6.07, 6.45) is 0. The number of hydrogen-bond donors (Lipinski definition) is 0. The van der Waals surface area contributed by atoms with Crippen LogP contribution in [0.1, 0.15) is 6.92 Å². The maximum absolute atomic E-state index is 15.8. The van der Waals surface area contributed by atoms with Gasteiger partial charge in [-0.25, -0.2) is 0 Å². The second-order valence-electron chi connectivity index (χ2n) is 7.24. The Labute approximate surface area is 186 Å². The number of rotatable bonds is 6. The molecule has 0 radical (unpaired) electrons. The third-order valence-electron chi connectivity index (χ3n) is 5.51. The summed E-state index contributed by atoms with van der Waals surface area (Å²) in [7, 11) is 0. The first kappa shape index (κ1) is 22.1. The summed E-state index contributed by atoms with van der Waals surface area (Å²) < 4.78 is 68.0. The van der Waals surface area contributed by atoms with Gasteiger partial charge in [0, 0.05) is 0 Å². The first-order valence-electron chi connectivity index (χ1n) is 10.2. The summed E-state index contributed by atoms with van der Waals surface area (Å²) in [5.41, 5.74) is 0. The zero-order chi connectivity index (χ0) is 22.7. The van der Waals surface area contributed by atoms with Crippen molar-refractivity contribution in [3.05, 3.63) is 114 Å². The summed E-state index contributed by atoms with van der Waals surface area (Å²) in [4.78, 5) is 0. The molecule has 1 nitrogen and oxygen atoms in total. The third kappa shape index (κ3) is 3.50. The van der Waals surface area contributed by atoms with Crippen LogP contribution in [0.5, 0.6) is 5.75 Å². The summed E-state index contributed by atoms with van der Waals surface area (Å²) in [6, 6.07) is 26.6. The molecule has 0 aliphatic carbocycles. The molecule has 0 amide bonds. The molecular weight excluding hydrogens is 477 g/mol. The minimum atomic E-state index is -4.53. The number of benzene rings is 4. The van der Waals surface area contributed by atoms with Gasteiger partial charge in [0.05, 0.1) is 0 Å². The fraction of sp³-hybridized carbons (Fsp3) is 0.0769. The summed E-state index contributed by atoms with van der Waals surface area (Å²) in [6.45, 7) is 1.36. The van der Waals surface area contributed by atoms with E-state index >= 15 is 17.6 Å². The summed E-state index contributed by atoms with van der Waals surface area (Å²) in [5, 5.41) is 0. The van der Waals surface area contributed by atoms with Crippen LogP contribution < -0.4 is 22.3 Å². The van der Waals surface area contributed by atoms with Crippen LogP contribution in [0.2, 0.25) is 0 Å². The Morgan fingerprint density at radius 1 is 0.562 bits per heavy atom. The van der Waals surface area contributed by atoms with E-state index in [-0.39, 0.29) is 6.61 Å². The predicted molar refractivity (Wildman–Crippen MR) is 121 cm³/mol. The van der Waals surface area contributed by atoms with Crippen molar-refractivity contribution in [2.75, 3.05) is 6.61 Å². The molecule has 0 heterocycles. The van der Waals surface area contributed by atoms with Gasteiger partial charge in [0.2, 0.25) is 0 Å². The standard InChI is InChI=1S/C26H20F4GeO/c1-2-32-26-23(29)21(27)25(22(28)24(26)30)31(18-12-6-3-7-13-18,19-14-8-4-9-15-19)20-16-10-5-11-17-20/h3-17H,2H2,1H3. The summed E-state index contributed by atoms with van der Waals surface area (Å²) in [5.74, 6) is -6.89. The van der Waals surface area contributed by atoms with Gasteiger partial charge in [-0.3, -0.25) is 0 Å². The quantitative estimate of drug-likeness (QED) is 0.222. The van der Waals surface area contributed by atoms with E-state index in [9.17, 15) is 0 Å². The van der Waals surface area contributed by atoms with E-state index in [0.29, 0.717) is 13.2 Å². The Balaban J connectivity index is 2.23. The monoisotopic (exact) mass is 498 g/mol. The van der Waals surface area contributed by atoms with Crippen molar-refractivity contribution in [3.8, 4) is 5.75 Å². The Morgan fingerprint density at radius 3 is 1.22 bits per heavy atom. The molecule has 0 aliphatic heterocycles. The third-order valence-corrected chi connectivity index (χ3v) is 15.6. The molecule has 0 saturated carbocycles. The molecule has 162 valence electrons. The van der Waals surface area contributed by atoms with Crippen molar-refractivity contribution < 1.29 is 22.3 Å². The molecule has 0 N–H and O–H groups in total. The van der Waals surface area contributed by atoms with Crippen LogP contribution in [0.3, 0.4) is 0 Å². The molecular formula is C26H20F4GeO. The van der Waals surface area contributed by atoms with E-state index in [1.807, 2.05) is 0 Å². The molecule has 0 unspecified atom stereocenters. The van der Waals surface area contributed by atoms with Crippen LogP contribution in [-0.4, -0.2) is 19.9 Å². The van der Waals surface area contributed by atoms with Gasteiger partial charge < -0.3 is 0 Å². The van der Waals surface area contributed by atoms with Gasteiger partial charge in [-0.1, -0.05) is 0 Å². The van der Waals surface area contributed by atoms with Gasteiger partial charge in [-0.2, -0.15) is 0 Å². The van der Waals surface area contributed by atoms with E-state index < -0.39 is 46.7 Å². The molecule has 0 aliphatic rings. The van der Waals surface area contributed by atoms with E-state index in [4.69, 9.17) is 4.74 Å². The van der Waals surface area contributed by atoms with Crippen molar-refractivity contribution in [2.24, 2.45) is 0 Å². The van der Waals surface area contributed by atoms with Crippen molar-refractivity contribution in [1.29, 1.82) is 0 Å². The molecule has 32 heavy (non-hydrogen) atoms. The van der Waals surface area contributed by atoms with Crippen LogP contribution in [0.4, 0.5) is 17.6 Å². The van der Waals surface area contributed by atoms with Gasteiger partial charge in [0.1, 0.15) is 0 Å². The molecule has 0 atom stereocenters. The van der Waals surface area contributed by atoms with E-state index in [0.717, 1.165) is 0 Å². The maximum atomic E-state index is 15.8. The van der Waals surface area contributed by atoms with Crippen molar-refractivity contribution in [2.45, 2.75) is 6.92 Å². The van der Waals surface area contributed by atoms with Crippen LogP contribution in [0, 0.1) is 23.3 Å². The predicted octanol–water partition coefficient (Wildman–Crippen LogP) is 4.02. The average Bonchev–Trinajstić information content (AvgIpc) is 2.85. The first-order valence-corrected chi connectivity index (χ1v) is 14.4. The number of ether oxygens (including phenoxy) is 1. The van der Waals surface area contributed by atoms with Crippen LogP contribution in [-0.2, 0) is 0 Å². The fourth-order valence-electron chi connectivity index (χ4n) is 4.21. The minimum absolute atomic E-state index is 0.130. The van der Waals surface area contributed by atoms with E-state index in [1.165, 1.54) is 6.92 Å². The molecule has 4 aromatic carbocycles. The van der Waals surface area contributed by atoms with Gasteiger partial charge in [0.15, 0.2) is 0 Å². The fourth-order valence-corrected chi connectivity index (χ4v) is 14.3. The number of hydrogen-bond acceptors (Lipinski definition) is 1. The van der Waals surface area contributed by atoms with Crippen molar-refractivity contribution >= 4 is 30.8 Å². The number of halogens is 4. The first-order chi connectivity index (χ1) is 15.5. The topological polar surface area (TPSA) is 9.23 Å². The zero-order valence-corrected chi connectivity index (χ0v) is 19.4. The zero-order valence-electron chi connectivity index (χ0n) is 17.3. The Bertz CT molecular complexity index is 1090. The molecule has 4 aromatic rings. The molecule has 4 rings (SSSR count). The molecule has 0 aromatic heterocycles. The molecule has 0 bridgehead atoms. The van der Waals surface area contributed by atoms with Gasteiger partial charge in [-0.15, -0.1) is 0 Å². The molecule has 0 saturated heterocycles. The SMILES string of the molecule is CCOc1c(F)c(F)[c]([Ge]([c]2ccccc2)([c]2ccccc2)[c]2ccccc2)c(F)c1F. The Kier molecular flexibility index (Phi) is 6.37. The van der Waals surface area contributed by atoms with Crippen LogP contribution >= 0.6 is 0 Å². The van der Waals surface area contributed by atoms with Gasteiger partial charge in [-0.05, 0) is 0 Å². The summed E-state index contributed by atoms with van der Waals surface area (Å²) >= 11 is -4.53. The van der Waals surface area contributed by atoms with E-state index in [1.54, 1.807) is 91.0 Å². The van der Waals surface area contributed by atoms with Crippen molar-refractivity contribution in [3.63, 3.8) is 0 Å². The van der Waals surface area contributed by atoms with E-state index in [2.05, 4.69) is 0 Å².